The van der Waals surface area contributed by atoms with Gasteiger partial charge < -0.3 is 10.6 Å². The van der Waals surface area contributed by atoms with Crippen molar-refractivity contribution in [3.05, 3.63) is 64.7 Å². The molecule has 2 aromatic rings. The van der Waals surface area contributed by atoms with E-state index in [-0.39, 0.29) is 24.4 Å². The van der Waals surface area contributed by atoms with E-state index < -0.39 is 0 Å². The molecule has 0 saturated carbocycles. The first-order valence-electron chi connectivity index (χ1n) is 8.03. The van der Waals surface area contributed by atoms with Crippen LogP contribution in [0.3, 0.4) is 0 Å². The Bertz CT molecular complexity index is 705. The highest BCUT2D eigenvalue weighted by Crippen LogP contribution is 2.33. The van der Waals surface area contributed by atoms with Crippen molar-refractivity contribution in [2.75, 3.05) is 12.3 Å². The van der Waals surface area contributed by atoms with Crippen LogP contribution in [0.25, 0.3) is 0 Å². The molecule has 0 aliphatic carbocycles. The molecular weight excluding hydrogens is 343 g/mol. The van der Waals surface area contributed by atoms with Gasteiger partial charge in [0.25, 0.3) is 0 Å². The number of carbonyl (C=O) groups excluding carboxylic acids is 1. The van der Waals surface area contributed by atoms with Gasteiger partial charge in [-0.3, -0.25) is 4.79 Å². The fourth-order valence-corrected chi connectivity index (χ4v) is 3.47. The number of nitrogen functional groups attached to an aromatic ring is 1. The molecule has 0 aromatic heterocycles. The van der Waals surface area contributed by atoms with Crippen molar-refractivity contribution >= 4 is 35.6 Å². The van der Waals surface area contributed by atoms with Crippen molar-refractivity contribution in [1.29, 1.82) is 0 Å². The lowest BCUT2D eigenvalue weighted by atomic mass is 10.0. The zero-order valence-corrected chi connectivity index (χ0v) is 15.0. The predicted molar refractivity (Wildman–Crippen MR) is 102 cm³/mol. The Hall–Kier alpha value is -1.71. The quantitative estimate of drug-likeness (QED) is 0.803. The Kier molecular flexibility index (Phi) is 6.52. The minimum atomic E-state index is 0. The van der Waals surface area contributed by atoms with Gasteiger partial charge in [0.1, 0.15) is 0 Å². The van der Waals surface area contributed by atoms with Crippen LogP contribution >= 0.6 is 24.0 Å². The molecule has 128 valence electrons. The van der Waals surface area contributed by atoms with E-state index in [4.69, 9.17) is 17.3 Å². The predicted octanol–water partition coefficient (Wildman–Crippen LogP) is 4.64. The Morgan fingerprint density at radius 1 is 1.21 bits per heavy atom. The molecule has 0 bridgehead atoms. The van der Waals surface area contributed by atoms with Crippen molar-refractivity contribution in [3.63, 3.8) is 0 Å². The van der Waals surface area contributed by atoms with Crippen molar-refractivity contribution < 1.29 is 4.79 Å². The summed E-state index contributed by atoms with van der Waals surface area (Å²) in [5, 5.41) is 0.721. The van der Waals surface area contributed by atoms with Crippen LogP contribution in [0.15, 0.2) is 48.5 Å². The van der Waals surface area contributed by atoms with E-state index >= 15 is 0 Å². The van der Waals surface area contributed by atoms with Gasteiger partial charge in [-0.15, -0.1) is 12.4 Å². The summed E-state index contributed by atoms with van der Waals surface area (Å²) in [6.45, 7) is 0.820. The van der Waals surface area contributed by atoms with E-state index in [1.54, 1.807) is 0 Å². The van der Waals surface area contributed by atoms with Crippen LogP contribution in [0, 0.1) is 0 Å². The van der Waals surface area contributed by atoms with Gasteiger partial charge in [-0.1, -0.05) is 41.9 Å². The molecule has 1 aliphatic heterocycles. The number of para-hydroxylation sites is 1. The average Bonchev–Trinajstić information content (AvgIpc) is 3.03. The maximum Gasteiger partial charge on any atom is 0.223 e. The van der Waals surface area contributed by atoms with Gasteiger partial charge in [-0.05, 0) is 48.6 Å². The Labute approximate surface area is 154 Å². The normalized spacial score (nSPS) is 16.7. The summed E-state index contributed by atoms with van der Waals surface area (Å²) in [6, 6.07) is 15.7. The molecule has 1 aliphatic rings. The third-order valence-corrected chi connectivity index (χ3v) is 4.70. The molecule has 2 N–H and O–H groups in total. The summed E-state index contributed by atoms with van der Waals surface area (Å²) < 4.78 is 0. The Morgan fingerprint density at radius 2 is 2.00 bits per heavy atom. The van der Waals surface area contributed by atoms with Crippen LogP contribution < -0.4 is 5.73 Å². The highest BCUT2D eigenvalue weighted by atomic mass is 35.5. The number of carbonyl (C=O) groups is 1. The summed E-state index contributed by atoms with van der Waals surface area (Å²) in [6.07, 6.45) is 3.21. The number of nitrogens with two attached hydrogens (primary N) is 1. The first kappa shape index (κ1) is 18.6. The molecule has 1 heterocycles. The number of hydrogen-bond acceptors (Lipinski definition) is 2. The molecule has 0 radical (unpaired) electrons. The van der Waals surface area contributed by atoms with Crippen molar-refractivity contribution in [2.45, 2.75) is 31.7 Å². The molecule has 3 nitrogen and oxygen atoms in total. The maximum atomic E-state index is 12.7. The summed E-state index contributed by atoms with van der Waals surface area (Å²) in [5.74, 6) is 0.190. The standard InChI is InChI=1S/C19H21ClN2O.ClH/c20-16-7-3-6-15(13-16)18-9-4-12-22(18)19(23)11-10-14-5-1-2-8-17(14)21;/h1-3,5-8,13,18H,4,9-12,21H2;1H. The fourth-order valence-electron chi connectivity index (χ4n) is 3.27. The lowest BCUT2D eigenvalue weighted by Crippen LogP contribution is -2.30. The van der Waals surface area contributed by atoms with E-state index in [0.29, 0.717) is 12.8 Å². The van der Waals surface area contributed by atoms with Crippen molar-refractivity contribution in [1.82, 2.24) is 4.90 Å². The van der Waals surface area contributed by atoms with E-state index in [1.165, 1.54) is 0 Å². The van der Waals surface area contributed by atoms with Crippen LogP contribution in [-0.4, -0.2) is 17.4 Å². The smallest absolute Gasteiger partial charge is 0.223 e. The number of aryl methyl sites for hydroxylation is 1. The highest BCUT2D eigenvalue weighted by molar-refractivity contribution is 6.30. The monoisotopic (exact) mass is 364 g/mol. The molecule has 1 amide bonds. The van der Waals surface area contributed by atoms with Gasteiger partial charge in [-0.25, -0.2) is 0 Å². The zero-order chi connectivity index (χ0) is 16.2. The van der Waals surface area contributed by atoms with Crippen LogP contribution in [0.2, 0.25) is 5.02 Å². The van der Waals surface area contributed by atoms with Crippen LogP contribution in [-0.2, 0) is 11.2 Å². The second-order valence-corrected chi connectivity index (χ2v) is 6.44. The van der Waals surface area contributed by atoms with E-state index in [0.717, 1.165) is 41.2 Å². The molecule has 1 saturated heterocycles. The Morgan fingerprint density at radius 3 is 2.75 bits per heavy atom. The molecular formula is C19H22Cl2N2O. The van der Waals surface area contributed by atoms with Crippen molar-refractivity contribution in [3.8, 4) is 0 Å². The number of amides is 1. The second-order valence-electron chi connectivity index (χ2n) is 6.00. The lowest BCUT2D eigenvalue weighted by molar-refractivity contribution is -0.132. The molecule has 2 aromatic carbocycles. The first-order chi connectivity index (χ1) is 11.1. The Balaban J connectivity index is 0.00000208. The largest absolute Gasteiger partial charge is 0.399 e. The first-order valence-corrected chi connectivity index (χ1v) is 8.41. The van der Waals surface area contributed by atoms with E-state index in [9.17, 15) is 4.79 Å². The fraction of sp³-hybridized carbons (Fsp3) is 0.316. The van der Waals surface area contributed by atoms with E-state index in [2.05, 4.69) is 6.07 Å². The summed E-state index contributed by atoms with van der Waals surface area (Å²) in [5.41, 5.74) is 8.88. The molecule has 1 atom stereocenters. The summed E-state index contributed by atoms with van der Waals surface area (Å²) in [4.78, 5) is 14.6. The SMILES string of the molecule is Cl.Nc1ccccc1CCC(=O)N1CCCC1c1cccc(Cl)c1. The molecule has 24 heavy (non-hydrogen) atoms. The van der Waals surface area contributed by atoms with Gasteiger partial charge in [-0.2, -0.15) is 0 Å². The summed E-state index contributed by atoms with van der Waals surface area (Å²) in [7, 11) is 0. The molecule has 1 unspecified atom stereocenters. The number of halogens is 2. The molecule has 1 fully saturated rings. The third-order valence-electron chi connectivity index (χ3n) is 4.47. The number of hydrogen-bond donors (Lipinski definition) is 1. The minimum absolute atomic E-state index is 0. The highest BCUT2D eigenvalue weighted by Gasteiger charge is 2.29. The lowest BCUT2D eigenvalue weighted by Gasteiger charge is -2.25. The van der Waals surface area contributed by atoms with Gasteiger partial charge in [0, 0.05) is 23.7 Å². The van der Waals surface area contributed by atoms with E-state index in [1.807, 2.05) is 47.4 Å². The number of benzene rings is 2. The van der Waals surface area contributed by atoms with Crippen LogP contribution in [0.1, 0.15) is 36.4 Å². The minimum Gasteiger partial charge on any atom is -0.399 e. The van der Waals surface area contributed by atoms with Gasteiger partial charge in [0.05, 0.1) is 6.04 Å². The topological polar surface area (TPSA) is 46.3 Å². The van der Waals surface area contributed by atoms with Crippen LogP contribution in [0.4, 0.5) is 5.69 Å². The average molecular weight is 365 g/mol. The van der Waals surface area contributed by atoms with Gasteiger partial charge in [0.2, 0.25) is 5.91 Å². The number of anilines is 1. The molecule has 3 rings (SSSR count). The number of likely N-dealkylation sites (tertiary alicyclic amines) is 1. The maximum absolute atomic E-state index is 12.7. The van der Waals surface area contributed by atoms with Gasteiger partial charge >= 0.3 is 0 Å². The summed E-state index contributed by atoms with van der Waals surface area (Å²) >= 11 is 6.09. The zero-order valence-electron chi connectivity index (χ0n) is 13.5. The van der Waals surface area contributed by atoms with Gasteiger partial charge in [0.15, 0.2) is 0 Å². The third kappa shape index (κ3) is 4.22. The number of nitrogens with zero attached hydrogens (tertiary/aromatic N) is 1. The van der Waals surface area contributed by atoms with Crippen molar-refractivity contribution in [2.24, 2.45) is 0 Å². The number of rotatable bonds is 4. The molecule has 0 spiro atoms. The second kappa shape index (κ2) is 8.41. The molecule has 5 heteroatoms. The van der Waals surface area contributed by atoms with Crippen LogP contribution in [0.5, 0.6) is 0 Å².